The number of carbonyl (C=O) groups excluding carboxylic acids is 2. The minimum atomic E-state index is -0.697. The fourth-order valence-corrected chi connectivity index (χ4v) is 4.63. The molecule has 0 aliphatic carbocycles. The molecule has 2 aliphatic heterocycles. The molecule has 1 unspecified atom stereocenters. The summed E-state index contributed by atoms with van der Waals surface area (Å²) in [5.41, 5.74) is 1.24. The molecule has 0 saturated carbocycles. The Morgan fingerprint density at radius 2 is 1.86 bits per heavy atom. The number of aliphatic hydroxyl groups excluding tert-OH is 1. The van der Waals surface area contributed by atoms with E-state index in [2.05, 4.69) is 4.90 Å². The van der Waals surface area contributed by atoms with Gasteiger partial charge in [0.25, 0.3) is 11.7 Å². The van der Waals surface area contributed by atoms with Gasteiger partial charge in [-0.2, -0.15) is 0 Å². The van der Waals surface area contributed by atoms with Gasteiger partial charge in [0.1, 0.15) is 11.5 Å². The molecule has 2 aliphatic rings. The van der Waals surface area contributed by atoms with Gasteiger partial charge in [-0.1, -0.05) is 42.8 Å². The van der Waals surface area contributed by atoms with Crippen LogP contribution in [0.15, 0.2) is 54.1 Å². The molecule has 35 heavy (non-hydrogen) atoms. The Bertz CT molecular complexity index is 1080. The van der Waals surface area contributed by atoms with Crippen molar-refractivity contribution in [3.05, 3.63) is 70.3 Å². The molecule has 7 nitrogen and oxygen atoms in total. The minimum Gasteiger partial charge on any atom is -0.507 e. The predicted octanol–water partition coefficient (Wildman–Crippen LogP) is 4.27. The van der Waals surface area contributed by atoms with E-state index in [1.165, 1.54) is 0 Å². The average Bonchev–Trinajstić information content (AvgIpc) is 3.13. The van der Waals surface area contributed by atoms with Crippen LogP contribution < -0.4 is 4.74 Å². The molecule has 2 saturated heterocycles. The van der Waals surface area contributed by atoms with E-state index in [1.807, 2.05) is 6.92 Å². The summed E-state index contributed by atoms with van der Waals surface area (Å²) in [6.45, 7) is 6.87. The van der Waals surface area contributed by atoms with Crippen LogP contribution in [0.3, 0.4) is 0 Å². The first kappa shape index (κ1) is 25.2. The summed E-state index contributed by atoms with van der Waals surface area (Å²) in [5, 5.41) is 11.8. The normalized spacial score (nSPS) is 20.4. The van der Waals surface area contributed by atoms with Crippen LogP contribution in [-0.4, -0.2) is 72.6 Å². The van der Waals surface area contributed by atoms with Crippen molar-refractivity contribution in [1.29, 1.82) is 0 Å². The zero-order chi connectivity index (χ0) is 24.8. The maximum absolute atomic E-state index is 13.2. The second-order valence-corrected chi connectivity index (χ2v) is 9.16. The smallest absolute Gasteiger partial charge is 0.295 e. The molecule has 8 heteroatoms. The van der Waals surface area contributed by atoms with Crippen molar-refractivity contribution in [2.75, 3.05) is 46.0 Å². The Hall–Kier alpha value is -2.87. The number of rotatable bonds is 9. The fourth-order valence-electron chi connectivity index (χ4n) is 4.50. The lowest BCUT2D eigenvalue weighted by atomic mass is 9.95. The van der Waals surface area contributed by atoms with Crippen LogP contribution in [0.4, 0.5) is 0 Å². The Morgan fingerprint density at radius 3 is 2.57 bits per heavy atom. The molecule has 2 heterocycles. The quantitative estimate of drug-likeness (QED) is 0.316. The molecule has 1 N–H and O–H groups in total. The number of ether oxygens (including phenoxy) is 2. The summed E-state index contributed by atoms with van der Waals surface area (Å²) in [6.07, 6.45) is 1.56. The highest BCUT2D eigenvalue weighted by molar-refractivity contribution is 6.46. The van der Waals surface area contributed by atoms with E-state index in [1.54, 1.807) is 53.4 Å². The van der Waals surface area contributed by atoms with Gasteiger partial charge in [-0.3, -0.25) is 14.5 Å². The molecule has 4 rings (SSSR count). The molecular formula is C27H31ClN2O5. The third kappa shape index (κ3) is 5.86. The summed E-state index contributed by atoms with van der Waals surface area (Å²) in [4.78, 5) is 30.2. The lowest BCUT2D eigenvalue weighted by Gasteiger charge is -2.29. The second-order valence-electron chi connectivity index (χ2n) is 8.73. The average molecular weight is 499 g/mol. The number of ketones is 1. The molecule has 0 bridgehead atoms. The van der Waals surface area contributed by atoms with Gasteiger partial charge in [-0.25, -0.2) is 0 Å². The number of nitrogens with zero attached hydrogens (tertiary/aromatic N) is 2. The standard InChI is InChI=1S/C27H31ClN2O5/c1-2-15-35-22-6-3-5-20(18-22)25(31)23-24(19-7-9-21(28)10-8-19)30(27(33)26(23)32)12-4-11-29-13-16-34-17-14-29/h3,5-10,18,24,31H,2,4,11-17H2,1H3. The Morgan fingerprint density at radius 1 is 1.11 bits per heavy atom. The van der Waals surface area contributed by atoms with Crippen LogP contribution in [0.5, 0.6) is 5.75 Å². The largest absolute Gasteiger partial charge is 0.507 e. The highest BCUT2D eigenvalue weighted by Gasteiger charge is 2.45. The van der Waals surface area contributed by atoms with Crippen LogP contribution in [0.25, 0.3) is 5.76 Å². The number of Topliss-reactive ketones (excluding diaryl/α,β-unsaturated/α-hetero) is 1. The van der Waals surface area contributed by atoms with Crippen molar-refractivity contribution in [3.8, 4) is 5.75 Å². The predicted molar refractivity (Wildman–Crippen MR) is 135 cm³/mol. The number of amides is 1. The van der Waals surface area contributed by atoms with E-state index >= 15 is 0 Å². The molecule has 0 spiro atoms. The first-order valence-electron chi connectivity index (χ1n) is 12.1. The maximum Gasteiger partial charge on any atom is 0.295 e. The first-order chi connectivity index (χ1) is 17.0. The van der Waals surface area contributed by atoms with Crippen molar-refractivity contribution >= 4 is 29.1 Å². The molecule has 186 valence electrons. The van der Waals surface area contributed by atoms with E-state index in [0.29, 0.717) is 49.1 Å². The number of morpholine rings is 1. The molecule has 1 amide bonds. The van der Waals surface area contributed by atoms with Crippen molar-refractivity contribution in [3.63, 3.8) is 0 Å². The van der Waals surface area contributed by atoms with E-state index in [9.17, 15) is 14.7 Å². The van der Waals surface area contributed by atoms with E-state index in [0.717, 1.165) is 31.6 Å². The highest BCUT2D eigenvalue weighted by Crippen LogP contribution is 2.40. The van der Waals surface area contributed by atoms with Crippen molar-refractivity contribution in [2.45, 2.75) is 25.8 Å². The van der Waals surface area contributed by atoms with Crippen LogP contribution in [0.1, 0.15) is 36.9 Å². The molecule has 2 fully saturated rings. The maximum atomic E-state index is 13.2. The van der Waals surface area contributed by atoms with Crippen LogP contribution >= 0.6 is 11.6 Å². The number of halogens is 1. The summed E-state index contributed by atoms with van der Waals surface area (Å²) in [7, 11) is 0. The zero-order valence-corrected chi connectivity index (χ0v) is 20.7. The van der Waals surface area contributed by atoms with Crippen LogP contribution in [0, 0.1) is 0 Å². The van der Waals surface area contributed by atoms with E-state index in [4.69, 9.17) is 21.1 Å². The minimum absolute atomic E-state index is 0.0799. The Labute approximate surface area is 210 Å². The van der Waals surface area contributed by atoms with Crippen molar-refractivity contribution in [1.82, 2.24) is 9.80 Å². The number of likely N-dealkylation sites (tertiary alicyclic amines) is 1. The third-order valence-electron chi connectivity index (χ3n) is 6.28. The number of carbonyl (C=O) groups is 2. The molecule has 2 aromatic carbocycles. The molecular weight excluding hydrogens is 468 g/mol. The number of hydrogen-bond donors (Lipinski definition) is 1. The Kier molecular flexibility index (Phi) is 8.44. The van der Waals surface area contributed by atoms with Gasteiger partial charge >= 0.3 is 0 Å². The van der Waals surface area contributed by atoms with Gasteiger partial charge in [-0.05, 0) is 42.7 Å². The number of aliphatic hydroxyl groups is 1. The molecule has 0 radical (unpaired) electrons. The molecule has 0 aromatic heterocycles. The molecule has 2 aromatic rings. The summed E-state index contributed by atoms with van der Waals surface area (Å²) >= 11 is 6.10. The number of benzene rings is 2. The third-order valence-corrected chi connectivity index (χ3v) is 6.54. The topological polar surface area (TPSA) is 79.3 Å². The lowest BCUT2D eigenvalue weighted by Crippen LogP contribution is -2.38. The Balaban J connectivity index is 1.65. The molecule has 1 atom stereocenters. The lowest BCUT2D eigenvalue weighted by molar-refractivity contribution is -0.140. The van der Waals surface area contributed by atoms with Crippen molar-refractivity contribution in [2.24, 2.45) is 0 Å². The summed E-state index contributed by atoms with van der Waals surface area (Å²) < 4.78 is 11.1. The van der Waals surface area contributed by atoms with Gasteiger partial charge in [0.15, 0.2) is 0 Å². The zero-order valence-electron chi connectivity index (χ0n) is 19.9. The SMILES string of the molecule is CCCOc1cccc(C(O)=C2C(=O)C(=O)N(CCCN3CCOCC3)C2c2ccc(Cl)cc2)c1. The van der Waals surface area contributed by atoms with Gasteiger partial charge in [0.2, 0.25) is 0 Å². The van der Waals surface area contributed by atoms with Gasteiger partial charge in [0.05, 0.1) is 31.4 Å². The second kappa shape index (κ2) is 11.7. The first-order valence-corrected chi connectivity index (χ1v) is 12.4. The van der Waals surface area contributed by atoms with Gasteiger partial charge in [0, 0.05) is 36.8 Å². The van der Waals surface area contributed by atoms with Gasteiger partial charge in [-0.15, -0.1) is 0 Å². The highest BCUT2D eigenvalue weighted by atomic mass is 35.5. The monoisotopic (exact) mass is 498 g/mol. The fraction of sp³-hybridized carbons (Fsp3) is 0.407. The summed E-state index contributed by atoms with van der Waals surface area (Å²) in [5.74, 6) is -0.903. The van der Waals surface area contributed by atoms with E-state index in [-0.39, 0.29) is 11.3 Å². The van der Waals surface area contributed by atoms with Crippen LogP contribution in [0.2, 0.25) is 5.02 Å². The van der Waals surface area contributed by atoms with Crippen LogP contribution in [-0.2, 0) is 14.3 Å². The number of hydrogen-bond acceptors (Lipinski definition) is 6. The van der Waals surface area contributed by atoms with E-state index < -0.39 is 17.7 Å². The summed E-state index contributed by atoms with van der Waals surface area (Å²) in [6, 6.07) is 13.3. The van der Waals surface area contributed by atoms with Crippen molar-refractivity contribution < 1.29 is 24.2 Å². The van der Waals surface area contributed by atoms with Gasteiger partial charge < -0.3 is 19.5 Å².